The molecule has 128 valence electrons. The molecule has 0 radical (unpaired) electrons. The van der Waals surface area contributed by atoms with E-state index in [4.69, 9.17) is 14.2 Å². The molecular weight excluding hydrogens is 292 g/mol. The number of esters is 1. The highest BCUT2D eigenvalue weighted by Gasteiger charge is 2.52. The molecule has 1 saturated heterocycles. The second-order valence-electron chi connectivity index (χ2n) is 6.02. The lowest BCUT2D eigenvalue weighted by molar-refractivity contribution is -0.149. The number of hydrogen-bond acceptors (Lipinski definition) is 4. The summed E-state index contributed by atoms with van der Waals surface area (Å²) in [5.74, 6) is -0.207. The van der Waals surface area contributed by atoms with E-state index in [0.717, 1.165) is 51.7 Å². The maximum absolute atomic E-state index is 11.7. The Hall–Kier alpha value is -1.39. The molecule has 0 saturated carbocycles. The molecule has 0 N–H and O–H groups in total. The van der Waals surface area contributed by atoms with Gasteiger partial charge in [0, 0.05) is 13.2 Å². The summed E-state index contributed by atoms with van der Waals surface area (Å²) in [4.78, 5) is 11.7. The minimum Gasteiger partial charge on any atom is -0.464 e. The molecule has 0 amide bonds. The Morgan fingerprint density at radius 2 is 1.83 bits per heavy atom. The Labute approximate surface area is 139 Å². The van der Waals surface area contributed by atoms with Crippen molar-refractivity contribution in [3.63, 3.8) is 0 Å². The Morgan fingerprint density at radius 3 is 2.48 bits per heavy atom. The quantitative estimate of drug-likeness (QED) is 0.336. The minimum absolute atomic E-state index is 0.207. The van der Waals surface area contributed by atoms with E-state index in [1.807, 2.05) is 13.0 Å². The number of ether oxygens (including phenoxy) is 3. The highest BCUT2D eigenvalue weighted by Crippen LogP contribution is 2.34. The first-order chi connectivity index (χ1) is 11.3. The molecule has 0 aliphatic carbocycles. The van der Waals surface area contributed by atoms with Crippen LogP contribution < -0.4 is 0 Å². The molecule has 1 aliphatic rings. The van der Waals surface area contributed by atoms with Crippen molar-refractivity contribution in [1.82, 2.24) is 0 Å². The van der Waals surface area contributed by atoms with Crippen molar-refractivity contribution in [3.8, 4) is 0 Å². The van der Waals surface area contributed by atoms with E-state index in [9.17, 15) is 4.79 Å². The first-order valence-electron chi connectivity index (χ1n) is 8.70. The zero-order chi connectivity index (χ0) is 16.4. The molecule has 4 heteroatoms. The van der Waals surface area contributed by atoms with Crippen molar-refractivity contribution in [3.05, 3.63) is 35.9 Å². The largest absolute Gasteiger partial charge is 0.464 e. The third kappa shape index (κ3) is 6.32. The van der Waals surface area contributed by atoms with Crippen molar-refractivity contribution < 1.29 is 19.0 Å². The van der Waals surface area contributed by atoms with Gasteiger partial charge in [0.05, 0.1) is 13.2 Å². The van der Waals surface area contributed by atoms with Crippen LogP contribution in [0.5, 0.6) is 0 Å². The number of carbonyl (C=O) groups is 1. The lowest BCUT2D eigenvalue weighted by Crippen LogP contribution is -2.27. The van der Waals surface area contributed by atoms with E-state index in [2.05, 4.69) is 24.3 Å². The van der Waals surface area contributed by atoms with Crippen LogP contribution in [0.1, 0.15) is 44.6 Å². The van der Waals surface area contributed by atoms with E-state index < -0.39 is 5.60 Å². The average Bonchev–Trinajstić information content (AvgIpc) is 3.36. The fourth-order valence-corrected chi connectivity index (χ4v) is 2.61. The Bertz CT molecular complexity index is 454. The van der Waals surface area contributed by atoms with E-state index >= 15 is 0 Å². The Kier molecular flexibility index (Phi) is 7.56. The van der Waals surface area contributed by atoms with Gasteiger partial charge in [0.1, 0.15) is 0 Å². The van der Waals surface area contributed by atoms with Gasteiger partial charge in [-0.2, -0.15) is 0 Å². The van der Waals surface area contributed by atoms with Crippen LogP contribution in [0.4, 0.5) is 0 Å². The van der Waals surface area contributed by atoms with Gasteiger partial charge in [0.25, 0.3) is 0 Å². The van der Waals surface area contributed by atoms with Gasteiger partial charge in [0.2, 0.25) is 0 Å². The van der Waals surface area contributed by atoms with Gasteiger partial charge < -0.3 is 14.2 Å². The standard InChI is InChI=1S/C19H28O4/c1-2-22-18(20)19(16-23-19)13-7-9-15-21-14-8-6-12-17-10-4-3-5-11-17/h3-5,10-11H,2,6-9,12-16H2,1H3. The molecule has 1 heterocycles. The normalized spacial score (nSPS) is 19.5. The van der Waals surface area contributed by atoms with E-state index in [0.29, 0.717) is 13.2 Å². The molecule has 1 aliphatic heterocycles. The van der Waals surface area contributed by atoms with Crippen molar-refractivity contribution in [1.29, 1.82) is 0 Å². The highest BCUT2D eigenvalue weighted by atomic mass is 16.6. The summed E-state index contributed by atoms with van der Waals surface area (Å²) in [7, 11) is 0. The molecule has 2 rings (SSSR count). The molecule has 0 aromatic heterocycles. The highest BCUT2D eigenvalue weighted by molar-refractivity contribution is 5.82. The van der Waals surface area contributed by atoms with Crippen LogP contribution in [0, 0.1) is 0 Å². The minimum atomic E-state index is -0.633. The molecule has 1 fully saturated rings. The fourth-order valence-electron chi connectivity index (χ4n) is 2.61. The van der Waals surface area contributed by atoms with E-state index in [-0.39, 0.29) is 5.97 Å². The number of carbonyl (C=O) groups excluding carboxylic acids is 1. The topological polar surface area (TPSA) is 48.1 Å². The summed E-state index contributed by atoms with van der Waals surface area (Å²) < 4.78 is 16.0. The Balaban J connectivity index is 1.42. The summed E-state index contributed by atoms with van der Waals surface area (Å²) in [6.45, 7) is 4.30. The van der Waals surface area contributed by atoms with E-state index in [1.165, 1.54) is 5.56 Å². The second kappa shape index (κ2) is 9.68. The number of unbranched alkanes of at least 4 members (excludes halogenated alkanes) is 2. The molecule has 0 spiro atoms. The summed E-state index contributed by atoms with van der Waals surface area (Å²) in [5.41, 5.74) is 0.757. The summed E-state index contributed by atoms with van der Waals surface area (Å²) in [5, 5.41) is 0. The lowest BCUT2D eigenvalue weighted by atomic mass is 10.0. The molecular formula is C19H28O4. The third-order valence-electron chi connectivity index (χ3n) is 4.11. The van der Waals surface area contributed by atoms with Crippen LogP contribution >= 0.6 is 0 Å². The lowest BCUT2D eigenvalue weighted by Gasteiger charge is -2.10. The number of rotatable bonds is 12. The number of benzene rings is 1. The predicted molar refractivity (Wildman–Crippen MR) is 89.4 cm³/mol. The first-order valence-corrected chi connectivity index (χ1v) is 8.70. The third-order valence-corrected chi connectivity index (χ3v) is 4.11. The monoisotopic (exact) mass is 320 g/mol. The SMILES string of the molecule is CCOC(=O)C1(CCCCOCCCCc2ccccc2)CO1. The van der Waals surface area contributed by atoms with Crippen LogP contribution in [-0.2, 0) is 25.4 Å². The summed E-state index contributed by atoms with van der Waals surface area (Å²) in [6.07, 6.45) is 5.99. The molecule has 1 aromatic carbocycles. The average molecular weight is 320 g/mol. The van der Waals surface area contributed by atoms with Crippen molar-refractivity contribution >= 4 is 5.97 Å². The maximum Gasteiger partial charge on any atom is 0.340 e. The van der Waals surface area contributed by atoms with Gasteiger partial charge in [-0.15, -0.1) is 0 Å². The molecule has 1 unspecified atom stereocenters. The number of epoxide rings is 1. The van der Waals surface area contributed by atoms with Gasteiger partial charge in [-0.25, -0.2) is 4.79 Å². The first kappa shape index (κ1) is 18.0. The van der Waals surface area contributed by atoms with Crippen molar-refractivity contribution in [2.45, 2.75) is 51.0 Å². The molecule has 1 atom stereocenters. The van der Waals surface area contributed by atoms with Crippen LogP contribution in [0.3, 0.4) is 0 Å². The zero-order valence-electron chi connectivity index (χ0n) is 14.1. The van der Waals surface area contributed by atoms with Crippen molar-refractivity contribution in [2.75, 3.05) is 26.4 Å². The molecule has 1 aromatic rings. The van der Waals surface area contributed by atoms with Crippen LogP contribution in [0.15, 0.2) is 30.3 Å². The number of hydrogen-bond donors (Lipinski definition) is 0. The number of aryl methyl sites for hydroxylation is 1. The molecule has 0 bridgehead atoms. The van der Waals surface area contributed by atoms with Gasteiger partial charge >= 0.3 is 5.97 Å². The second-order valence-corrected chi connectivity index (χ2v) is 6.02. The van der Waals surface area contributed by atoms with Crippen molar-refractivity contribution in [2.24, 2.45) is 0 Å². The summed E-state index contributed by atoms with van der Waals surface area (Å²) >= 11 is 0. The van der Waals surface area contributed by atoms with E-state index in [1.54, 1.807) is 0 Å². The van der Waals surface area contributed by atoms with Crippen LogP contribution in [-0.4, -0.2) is 38.0 Å². The summed E-state index contributed by atoms with van der Waals surface area (Å²) in [6, 6.07) is 10.5. The van der Waals surface area contributed by atoms with Gasteiger partial charge in [-0.05, 0) is 51.0 Å². The maximum atomic E-state index is 11.7. The van der Waals surface area contributed by atoms with Gasteiger partial charge in [-0.3, -0.25) is 0 Å². The van der Waals surface area contributed by atoms with Crippen LogP contribution in [0.2, 0.25) is 0 Å². The Morgan fingerprint density at radius 1 is 1.13 bits per heavy atom. The molecule has 4 nitrogen and oxygen atoms in total. The predicted octanol–water partition coefficient (Wildman–Crippen LogP) is 3.53. The smallest absolute Gasteiger partial charge is 0.340 e. The fraction of sp³-hybridized carbons (Fsp3) is 0.632. The molecule has 23 heavy (non-hydrogen) atoms. The zero-order valence-corrected chi connectivity index (χ0v) is 14.1. The van der Waals surface area contributed by atoms with Gasteiger partial charge in [-0.1, -0.05) is 30.3 Å². The van der Waals surface area contributed by atoms with Gasteiger partial charge in [0.15, 0.2) is 5.60 Å². The van der Waals surface area contributed by atoms with Crippen LogP contribution in [0.25, 0.3) is 0 Å².